The lowest BCUT2D eigenvalue weighted by Gasteiger charge is -2.11. The molecule has 0 unspecified atom stereocenters. The highest BCUT2D eigenvalue weighted by molar-refractivity contribution is 6.31. The quantitative estimate of drug-likeness (QED) is 0.518. The van der Waals surface area contributed by atoms with E-state index in [1.165, 1.54) is 37.4 Å². The van der Waals surface area contributed by atoms with E-state index in [1.54, 1.807) is 36.5 Å². The zero-order chi connectivity index (χ0) is 20.8. The van der Waals surface area contributed by atoms with Gasteiger partial charge in [-0.25, -0.2) is 9.18 Å². The van der Waals surface area contributed by atoms with E-state index in [0.29, 0.717) is 17.2 Å². The number of halogens is 2. The minimum atomic E-state index is -0.973. The third-order valence-electron chi connectivity index (χ3n) is 4.05. The summed E-state index contributed by atoms with van der Waals surface area (Å²) in [7, 11) is 1.53. The summed E-state index contributed by atoms with van der Waals surface area (Å²) in [6.45, 7) is 0.262. The molecule has 3 aromatic carbocycles. The molecule has 1 N–H and O–H groups in total. The number of benzene rings is 3. The number of hydrogen-bond donors (Lipinski definition) is 1. The van der Waals surface area contributed by atoms with Gasteiger partial charge >= 0.3 is 5.97 Å². The minimum Gasteiger partial charge on any atom is -0.493 e. The number of carbonyl (C=O) groups is 1. The van der Waals surface area contributed by atoms with Gasteiger partial charge in [-0.1, -0.05) is 23.7 Å². The van der Waals surface area contributed by atoms with Gasteiger partial charge in [0.1, 0.15) is 12.4 Å². The molecule has 0 aromatic heterocycles. The predicted molar refractivity (Wildman–Crippen MR) is 109 cm³/mol. The molecule has 0 atom stereocenters. The smallest absolute Gasteiger partial charge is 0.335 e. The molecule has 0 aliphatic carbocycles. The summed E-state index contributed by atoms with van der Waals surface area (Å²) in [6, 6.07) is 16.0. The second kappa shape index (κ2) is 9.21. The van der Waals surface area contributed by atoms with Gasteiger partial charge in [-0.15, -0.1) is 0 Å². The van der Waals surface area contributed by atoms with E-state index >= 15 is 0 Å². The Morgan fingerprint density at radius 3 is 2.52 bits per heavy atom. The Balaban J connectivity index is 1.70. The van der Waals surface area contributed by atoms with Gasteiger partial charge in [0.25, 0.3) is 0 Å². The molecule has 0 saturated carbocycles. The molecule has 0 bridgehead atoms. The summed E-state index contributed by atoms with van der Waals surface area (Å²) in [5.41, 5.74) is 2.34. The van der Waals surface area contributed by atoms with E-state index in [4.69, 9.17) is 26.2 Å². The zero-order valence-electron chi connectivity index (χ0n) is 15.4. The standard InChI is InChI=1S/C22H17ClFNO4/c1-28-21-10-15(12-25-17-7-8-19(24)18(23)11-17)4-9-20(21)29-13-14-2-5-16(6-3-14)22(26)27/h2-12H,13H2,1H3,(H,26,27). The van der Waals surface area contributed by atoms with Crippen molar-refractivity contribution >= 4 is 29.5 Å². The molecule has 3 aromatic rings. The van der Waals surface area contributed by atoms with E-state index in [1.807, 2.05) is 0 Å². The monoisotopic (exact) mass is 413 g/mol. The fourth-order valence-electron chi connectivity index (χ4n) is 2.50. The van der Waals surface area contributed by atoms with Gasteiger partial charge in [0.05, 0.1) is 23.4 Å². The lowest BCUT2D eigenvalue weighted by atomic mass is 10.1. The molecule has 29 heavy (non-hydrogen) atoms. The summed E-state index contributed by atoms with van der Waals surface area (Å²) >= 11 is 5.76. The minimum absolute atomic E-state index is 0.0114. The number of carboxylic acids is 1. The molecule has 0 fully saturated rings. The highest BCUT2D eigenvalue weighted by Gasteiger charge is 2.07. The molecule has 0 spiro atoms. The van der Waals surface area contributed by atoms with Crippen molar-refractivity contribution in [1.82, 2.24) is 0 Å². The molecule has 0 aliphatic rings. The highest BCUT2D eigenvalue weighted by atomic mass is 35.5. The fourth-order valence-corrected chi connectivity index (χ4v) is 2.68. The van der Waals surface area contributed by atoms with Crippen molar-refractivity contribution in [1.29, 1.82) is 0 Å². The maximum Gasteiger partial charge on any atom is 0.335 e. The molecule has 148 valence electrons. The average molecular weight is 414 g/mol. The van der Waals surface area contributed by atoms with Crippen molar-refractivity contribution in [2.24, 2.45) is 4.99 Å². The molecule has 0 radical (unpaired) electrons. The third kappa shape index (κ3) is 5.33. The summed E-state index contributed by atoms with van der Waals surface area (Å²) in [6.07, 6.45) is 1.61. The van der Waals surface area contributed by atoms with Crippen molar-refractivity contribution in [2.45, 2.75) is 6.61 Å². The zero-order valence-corrected chi connectivity index (χ0v) is 16.2. The summed E-state index contributed by atoms with van der Waals surface area (Å²) in [4.78, 5) is 15.2. The second-order valence-corrected chi connectivity index (χ2v) is 6.46. The number of nitrogens with zero attached hydrogens (tertiary/aromatic N) is 1. The molecule has 5 nitrogen and oxygen atoms in total. The lowest BCUT2D eigenvalue weighted by molar-refractivity contribution is 0.0697. The molecular weight excluding hydrogens is 397 g/mol. The van der Waals surface area contributed by atoms with Crippen LogP contribution in [-0.4, -0.2) is 24.4 Å². The van der Waals surface area contributed by atoms with Crippen LogP contribution in [0.1, 0.15) is 21.5 Å². The Kier molecular flexibility index (Phi) is 6.46. The van der Waals surface area contributed by atoms with Crippen LogP contribution in [0.3, 0.4) is 0 Å². The molecule has 3 rings (SSSR count). The van der Waals surface area contributed by atoms with Crippen molar-refractivity contribution in [3.05, 3.63) is 88.2 Å². The molecule has 0 amide bonds. The van der Waals surface area contributed by atoms with Crippen LogP contribution in [0.25, 0.3) is 0 Å². The van der Waals surface area contributed by atoms with E-state index < -0.39 is 11.8 Å². The van der Waals surface area contributed by atoms with Gasteiger partial charge in [-0.3, -0.25) is 4.99 Å². The second-order valence-electron chi connectivity index (χ2n) is 6.06. The number of methoxy groups -OCH3 is 1. The van der Waals surface area contributed by atoms with Gasteiger partial charge < -0.3 is 14.6 Å². The number of ether oxygens (including phenoxy) is 2. The van der Waals surface area contributed by atoms with Crippen LogP contribution in [0.4, 0.5) is 10.1 Å². The normalized spacial score (nSPS) is 10.9. The summed E-state index contributed by atoms with van der Waals surface area (Å²) < 4.78 is 24.4. The number of aromatic carboxylic acids is 1. The van der Waals surface area contributed by atoms with Crippen LogP contribution in [0, 0.1) is 5.82 Å². The van der Waals surface area contributed by atoms with E-state index in [-0.39, 0.29) is 17.2 Å². The fraction of sp³-hybridized carbons (Fsp3) is 0.0909. The first-order chi connectivity index (χ1) is 14.0. The van der Waals surface area contributed by atoms with E-state index in [0.717, 1.165) is 11.1 Å². The molecule has 0 aliphatic heterocycles. The first kappa shape index (κ1) is 20.4. The number of carboxylic acid groups (broad SMARTS) is 1. The van der Waals surface area contributed by atoms with Crippen LogP contribution < -0.4 is 9.47 Å². The number of aliphatic imine (C=N–C) groups is 1. The van der Waals surface area contributed by atoms with E-state index in [2.05, 4.69) is 4.99 Å². The van der Waals surface area contributed by atoms with Crippen LogP contribution >= 0.6 is 11.6 Å². The summed E-state index contributed by atoms with van der Waals surface area (Å²) in [5.74, 6) is -0.407. The van der Waals surface area contributed by atoms with Crippen LogP contribution in [-0.2, 0) is 6.61 Å². The maximum atomic E-state index is 13.2. The van der Waals surface area contributed by atoms with Gasteiger partial charge in [0.15, 0.2) is 11.5 Å². The van der Waals surface area contributed by atoms with Crippen molar-refractivity contribution in [3.8, 4) is 11.5 Å². The Morgan fingerprint density at radius 2 is 1.86 bits per heavy atom. The third-order valence-corrected chi connectivity index (χ3v) is 4.34. The average Bonchev–Trinajstić information content (AvgIpc) is 2.73. The van der Waals surface area contributed by atoms with E-state index in [9.17, 15) is 9.18 Å². The van der Waals surface area contributed by atoms with Gasteiger partial charge in [-0.05, 0) is 59.7 Å². The molecule has 0 heterocycles. The first-order valence-corrected chi connectivity index (χ1v) is 8.96. The lowest BCUT2D eigenvalue weighted by Crippen LogP contribution is -2.00. The highest BCUT2D eigenvalue weighted by Crippen LogP contribution is 2.29. The van der Waals surface area contributed by atoms with Gasteiger partial charge in [0.2, 0.25) is 0 Å². The molecular formula is C22H17ClFNO4. The Morgan fingerprint density at radius 1 is 1.10 bits per heavy atom. The van der Waals surface area contributed by atoms with Gasteiger partial charge in [0, 0.05) is 6.21 Å². The van der Waals surface area contributed by atoms with Crippen LogP contribution in [0.2, 0.25) is 5.02 Å². The predicted octanol–water partition coefficient (Wildman–Crippen LogP) is 5.52. The van der Waals surface area contributed by atoms with Crippen LogP contribution in [0.15, 0.2) is 65.7 Å². The number of rotatable bonds is 7. The van der Waals surface area contributed by atoms with Crippen molar-refractivity contribution in [3.63, 3.8) is 0 Å². The van der Waals surface area contributed by atoms with Crippen LogP contribution in [0.5, 0.6) is 11.5 Å². The Labute approximate surface area is 172 Å². The molecule has 7 heteroatoms. The topological polar surface area (TPSA) is 68.1 Å². The SMILES string of the molecule is COc1cc(C=Nc2ccc(F)c(Cl)c2)ccc1OCc1ccc(C(=O)O)cc1. The Hall–Kier alpha value is -3.38. The number of hydrogen-bond acceptors (Lipinski definition) is 4. The van der Waals surface area contributed by atoms with Gasteiger partial charge in [-0.2, -0.15) is 0 Å². The summed E-state index contributed by atoms with van der Waals surface area (Å²) in [5, 5.41) is 8.95. The van der Waals surface area contributed by atoms with Crippen molar-refractivity contribution < 1.29 is 23.8 Å². The van der Waals surface area contributed by atoms with Crippen molar-refractivity contribution in [2.75, 3.05) is 7.11 Å². The molecule has 0 saturated heterocycles. The largest absolute Gasteiger partial charge is 0.493 e. The first-order valence-electron chi connectivity index (χ1n) is 8.58. The Bertz CT molecular complexity index is 1050. The maximum absolute atomic E-state index is 13.2.